The van der Waals surface area contributed by atoms with Gasteiger partial charge in [-0.05, 0) is 40.0 Å². The average Bonchev–Trinajstić information content (AvgIpc) is 2.60. The summed E-state index contributed by atoms with van der Waals surface area (Å²) in [5, 5.41) is 0. The molecule has 0 amide bonds. The van der Waals surface area contributed by atoms with Crippen LogP contribution in [0, 0.1) is 0 Å². The molecule has 0 atom stereocenters. The fraction of sp³-hybridized carbons (Fsp3) is 1.00. The van der Waals surface area contributed by atoms with Crippen molar-refractivity contribution in [1.82, 2.24) is 4.31 Å². The molecule has 4 nitrogen and oxygen atoms in total. The van der Waals surface area contributed by atoms with E-state index in [0.29, 0.717) is 13.1 Å². The van der Waals surface area contributed by atoms with Gasteiger partial charge in [-0.1, -0.05) is 32.6 Å². The van der Waals surface area contributed by atoms with E-state index >= 15 is 0 Å². The first kappa shape index (κ1) is 17.9. The molecule has 0 aromatic heterocycles. The molecule has 0 heterocycles. The minimum absolute atomic E-state index is 0.362. The monoisotopic (exact) mass is 304 g/mol. The second kappa shape index (κ2) is 6.75. The highest BCUT2D eigenvalue weighted by Crippen LogP contribution is 2.37. The largest absolute Gasteiger partial charge is 0.329 e. The lowest BCUT2D eigenvalue weighted by Gasteiger charge is -2.44. The average molecular weight is 305 g/mol. The molecular weight excluding hydrogens is 272 g/mol. The van der Waals surface area contributed by atoms with Crippen molar-refractivity contribution >= 4 is 10.0 Å². The molecule has 120 valence electrons. The van der Waals surface area contributed by atoms with Crippen LogP contribution in [-0.2, 0) is 10.0 Å². The van der Waals surface area contributed by atoms with Crippen molar-refractivity contribution in [3.8, 4) is 0 Å². The van der Waals surface area contributed by atoms with Gasteiger partial charge in [0, 0.05) is 18.6 Å². The molecule has 0 aliphatic heterocycles. The molecule has 0 radical (unpaired) electrons. The van der Waals surface area contributed by atoms with Gasteiger partial charge in [0.15, 0.2) is 0 Å². The van der Waals surface area contributed by atoms with Gasteiger partial charge in [-0.15, -0.1) is 0 Å². The maximum absolute atomic E-state index is 13.0. The van der Waals surface area contributed by atoms with Crippen molar-refractivity contribution in [2.45, 2.75) is 82.9 Å². The fourth-order valence-corrected chi connectivity index (χ4v) is 4.94. The molecule has 0 aromatic carbocycles. The van der Waals surface area contributed by atoms with Crippen LogP contribution in [-0.4, -0.2) is 36.1 Å². The predicted molar refractivity (Wildman–Crippen MR) is 85.2 cm³/mol. The SMILES string of the molecule is CCCN(C1(CN)CCCCCC1)S(=O)(=O)C(C)(C)C. The highest BCUT2D eigenvalue weighted by atomic mass is 32.2. The highest BCUT2D eigenvalue weighted by Gasteiger charge is 2.46. The molecule has 20 heavy (non-hydrogen) atoms. The van der Waals surface area contributed by atoms with E-state index in [-0.39, 0.29) is 5.54 Å². The van der Waals surface area contributed by atoms with Gasteiger partial charge in [0.2, 0.25) is 10.0 Å². The zero-order valence-corrected chi connectivity index (χ0v) is 14.4. The van der Waals surface area contributed by atoms with Gasteiger partial charge in [0.1, 0.15) is 0 Å². The van der Waals surface area contributed by atoms with Gasteiger partial charge in [-0.2, -0.15) is 4.31 Å². The fourth-order valence-electron chi connectivity index (χ4n) is 3.09. The Hall–Kier alpha value is -0.130. The Morgan fingerprint density at radius 2 is 1.60 bits per heavy atom. The van der Waals surface area contributed by atoms with Crippen LogP contribution in [0.3, 0.4) is 0 Å². The second-order valence-electron chi connectivity index (χ2n) is 7.03. The van der Waals surface area contributed by atoms with Crippen molar-refractivity contribution in [3.05, 3.63) is 0 Å². The van der Waals surface area contributed by atoms with Crippen LogP contribution in [0.15, 0.2) is 0 Å². The summed E-state index contributed by atoms with van der Waals surface area (Å²) in [6.45, 7) is 8.40. The van der Waals surface area contributed by atoms with E-state index in [1.54, 1.807) is 25.1 Å². The molecule has 1 saturated carbocycles. The summed E-state index contributed by atoms with van der Waals surface area (Å²) in [5.41, 5.74) is 5.71. The molecule has 1 aliphatic rings. The lowest BCUT2D eigenvalue weighted by Crippen LogP contribution is -2.59. The number of hydrogen-bond donors (Lipinski definition) is 1. The quantitative estimate of drug-likeness (QED) is 0.794. The zero-order chi connectivity index (χ0) is 15.4. The molecule has 0 aromatic rings. The van der Waals surface area contributed by atoms with Crippen LogP contribution in [0.5, 0.6) is 0 Å². The van der Waals surface area contributed by atoms with E-state index in [0.717, 1.165) is 32.1 Å². The summed E-state index contributed by atoms with van der Waals surface area (Å²) < 4.78 is 27.0. The maximum Gasteiger partial charge on any atom is 0.219 e. The van der Waals surface area contributed by atoms with Crippen LogP contribution in [0.2, 0.25) is 0 Å². The first-order chi connectivity index (χ1) is 9.21. The van der Waals surface area contributed by atoms with Gasteiger partial charge < -0.3 is 5.73 Å². The Morgan fingerprint density at radius 3 is 1.95 bits per heavy atom. The lowest BCUT2D eigenvalue weighted by molar-refractivity contribution is 0.164. The molecule has 0 bridgehead atoms. The molecule has 0 unspecified atom stereocenters. The Morgan fingerprint density at radius 1 is 1.10 bits per heavy atom. The zero-order valence-electron chi connectivity index (χ0n) is 13.6. The summed E-state index contributed by atoms with van der Waals surface area (Å²) in [6, 6.07) is 0. The van der Waals surface area contributed by atoms with Gasteiger partial charge >= 0.3 is 0 Å². The molecular formula is C15H32N2O2S. The number of hydrogen-bond acceptors (Lipinski definition) is 3. The molecule has 5 heteroatoms. The summed E-state index contributed by atoms with van der Waals surface area (Å²) in [7, 11) is -3.33. The third-order valence-electron chi connectivity index (χ3n) is 4.43. The van der Waals surface area contributed by atoms with Crippen LogP contribution < -0.4 is 5.73 Å². The molecule has 1 fully saturated rings. The number of nitrogens with two attached hydrogens (primary N) is 1. The third kappa shape index (κ3) is 3.55. The van der Waals surface area contributed by atoms with Crippen LogP contribution in [0.4, 0.5) is 0 Å². The number of nitrogens with zero attached hydrogens (tertiary/aromatic N) is 1. The van der Waals surface area contributed by atoms with E-state index in [1.165, 1.54) is 12.8 Å². The van der Waals surface area contributed by atoms with Gasteiger partial charge in [-0.3, -0.25) is 0 Å². The Bertz CT molecular complexity index is 391. The minimum atomic E-state index is -3.33. The smallest absolute Gasteiger partial charge is 0.219 e. The summed E-state index contributed by atoms with van der Waals surface area (Å²) >= 11 is 0. The van der Waals surface area contributed by atoms with E-state index < -0.39 is 14.8 Å². The molecule has 0 spiro atoms. The van der Waals surface area contributed by atoms with E-state index in [2.05, 4.69) is 0 Å². The molecule has 1 rings (SSSR count). The van der Waals surface area contributed by atoms with Gasteiger partial charge in [0.05, 0.1) is 4.75 Å². The summed E-state index contributed by atoms with van der Waals surface area (Å²) in [5.74, 6) is 0. The Labute approximate surface area is 125 Å². The van der Waals surface area contributed by atoms with Crippen molar-refractivity contribution in [1.29, 1.82) is 0 Å². The Balaban J connectivity index is 3.22. The maximum atomic E-state index is 13.0. The summed E-state index contributed by atoms with van der Waals surface area (Å²) in [6.07, 6.45) is 7.18. The highest BCUT2D eigenvalue weighted by molar-refractivity contribution is 7.90. The predicted octanol–water partition coefficient (Wildman–Crippen LogP) is 2.88. The first-order valence-electron chi connectivity index (χ1n) is 7.94. The summed E-state index contributed by atoms with van der Waals surface area (Å²) in [4.78, 5) is 0. The van der Waals surface area contributed by atoms with E-state index in [9.17, 15) is 8.42 Å². The van der Waals surface area contributed by atoms with Crippen molar-refractivity contribution in [2.75, 3.05) is 13.1 Å². The number of rotatable bonds is 5. The van der Waals surface area contributed by atoms with Crippen molar-refractivity contribution < 1.29 is 8.42 Å². The van der Waals surface area contributed by atoms with E-state index in [1.807, 2.05) is 6.92 Å². The van der Waals surface area contributed by atoms with Crippen LogP contribution in [0.1, 0.15) is 72.6 Å². The topological polar surface area (TPSA) is 63.4 Å². The van der Waals surface area contributed by atoms with Crippen molar-refractivity contribution in [3.63, 3.8) is 0 Å². The molecule has 1 aliphatic carbocycles. The number of sulfonamides is 1. The van der Waals surface area contributed by atoms with Gasteiger partial charge in [0.25, 0.3) is 0 Å². The van der Waals surface area contributed by atoms with Crippen LogP contribution >= 0.6 is 0 Å². The van der Waals surface area contributed by atoms with Crippen LogP contribution in [0.25, 0.3) is 0 Å². The standard InChI is InChI=1S/C15H32N2O2S/c1-5-12-17(20(18,19)14(2,3)4)15(13-16)10-8-6-7-9-11-15/h5-13,16H2,1-4H3. The lowest BCUT2D eigenvalue weighted by atomic mass is 9.90. The van der Waals surface area contributed by atoms with E-state index in [4.69, 9.17) is 5.73 Å². The van der Waals surface area contributed by atoms with Gasteiger partial charge in [-0.25, -0.2) is 8.42 Å². The normalized spacial score (nSPS) is 20.9. The molecule has 2 N–H and O–H groups in total. The Kier molecular flexibility index (Phi) is 6.05. The third-order valence-corrected chi connectivity index (χ3v) is 7.13. The van der Waals surface area contributed by atoms with Crippen molar-refractivity contribution in [2.24, 2.45) is 5.73 Å². The minimum Gasteiger partial charge on any atom is -0.329 e. The second-order valence-corrected chi connectivity index (χ2v) is 9.65. The first-order valence-corrected chi connectivity index (χ1v) is 9.38. The molecule has 0 saturated heterocycles.